The third kappa shape index (κ3) is 4.37. The van der Waals surface area contributed by atoms with E-state index in [1.165, 1.54) is 6.20 Å². The molecule has 0 spiro atoms. The minimum atomic E-state index is -4.24. The molecular formula is C8H10F3IN2O. The average Bonchev–Trinajstić information content (AvgIpc) is 2.39. The summed E-state index contributed by atoms with van der Waals surface area (Å²) in [5.41, 5.74) is 0.543. The van der Waals surface area contributed by atoms with Crippen molar-refractivity contribution in [1.29, 1.82) is 0 Å². The molecule has 3 nitrogen and oxygen atoms in total. The molecule has 0 fully saturated rings. The van der Waals surface area contributed by atoms with E-state index in [2.05, 4.69) is 5.10 Å². The summed E-state index contributed by atoms with van der Waals surface area (Å²) >= 11 is 1.94. The first-order chi connectivity index (χ1) is 6.92. The summed E-state index contributed by atoms with van der Waals surface area (Å²) in [4.78, 5) is 0. The maximum atomic E-state index is 12.0. The molecule has 1 aromatic rings. The first-order valence-electron chi connectivity index (χ1n) is 4.28. The van der Waals surface area contributed by atoms with Crippen molar-refractivity contribution in [2.75, 3.05) is 6.61 Å². The molecule has 0 radical (unpaired) electrons. The van der Waals surface area contributed by atoms with Crippen LogP contribution in [-0.2, 0) is 17.9 Å². The Bertz CT molecular complexity index is 324. The second-order valence-corrected chi connectivity index (χ2v) is 4.04. The fourth-order valence-electron chi connectivity index (χ4n) is 0.998. The lowest BCUT2D eigenvalue weighted by Crippen LogP contribution is -2.18. The van der Waals surface area contributed by atoms with E-state index in [-0.39, 0.29) is 6.61 Å². The molecule has 1 aromatic heterocycles. The molecule has 0 amide bonds. The largest absolute Gasteiger partial charge is 0.408 e. The van der Waals surface area contributed by atoms with Crippen molar-refractivity contribution in [3.63, 3.8) is 0 Å². The first kappa shape index (κ1) is 12.8. The molecule has 7 heteroatoms. The lowest BCUT2D eigenvalue weighted by atomic mass is 10.5. The Labute approximate surface area is 98.7 Å². The molecule has 1 rings (SSSR count). The molecular weight excluding hydrogens is 324 g/mol. The van der Waals surface area contributed by atoms with E-state index in [4.69, 9.17) is 4.74 Å². The zero-order valence-electron chi connectivity index (χ0n) is 8.01. The van der Waals surface area contributed by atoms with Crippen molar-refractivity contribution >= 4 is 22.6 Å². The standard InChI is InChI=1S/C8H10F3IN2O/c1-2-15-4-7-6(12)3-14(13-7)5-8(9,10)11/h3H,2,4-5H2,1H3. The molecule has 0 saturated carbocycles. The van der Waals surface area contributed by atoms with Crippen molar-refractivity contribution in [2.24, 2.45) is 0 Å². The highest BCUT2D eigenvalue weighted by Gasteiger charge is 2.28. The summed E-state index contributed by atoms with van der Waals surface area (Å²) in [7, 11) is 0. The van der Waals surface area contributed by atoms with Crippen molar-refractivity contribution in [2.45, 2.75) is 26.3 Å². The quantitative estimate of drug-likeness (QED) is 0.792. The predicted octanol–water partition coefficient (Wildman–Crippen LogP) is 2.59. The van der Waals surface area contributed by atoms with E-state index in [0.717, 1.165) is 4.68 Å². The number of hydrogen-bond donors (Lipinski definition) is 0. The Morgan fingerprint density at radius 1 is 1.53 bits per heavy atom. The number of hydrogen-bond acceptors (Lipinski definition) is 2. The van der Waals surface area contributed by atoms with Gasteiger partial charge in [0.15, 0.2) is 0 Å². The fourth-order valence-corrected chi connectivity index (χ4v) is 1.58. The number of ether oxygens (including phenoxy) is 1. The van der Waals surface area contributed by atoms with Crippen LogP contribution >= 0.6 is 22.6 Å². The Kier molecular flexibility index (Phi) is 4.38. The lowest BCUT2D eigenvalue weighted by molar-refractivity contribution is -0.142. The highest BCUT2D eigenvalue weighted by atomic mass is 127. The summed E-state index contributed by atoms with van der Waals surface area (Å²) in [6.07, 6.45) is -2.87. The van der Waals surface area contributed by atoms with Crippen LogP contribution in [0.15, 0.2) is 6.20 Å². The summed E-state index contributed by atoms with van der Waals surface area (Å²) in [6.45, 7) is 1.52. The molecule has 86 valence electrons. The van der Waals surface area contributed by atoms with Gasteiger partial charge >= 0.3 is 6.18 Å². The van der Waals surface area contributed by atoms with Gasteiger partial charge in [0.1, 0.15) is 12.2 Å². The summed E-state index contributed by atoms with van der Waals surface area (Å²) in [5, 5.41) is 3.80. The van der Waals surface area contributed by atoms with Crippen molar-refractivity contribution < 1.29 is 17.9 Å². The minimum absolute atomic E-state index is 0.250. The van der Waals surface area contributed by atoms with Gasteiger partial charge in [-0.1, -0.05) is 0 Å². The molecule has 0 aliphatic carbocycles. The van der Waals surface area contributed by atoms with Crippen LogP contribution in [-0.4, -0.2) is 22.6 Å². The summed E-state index contributed by atoms with van der Waals surface area (Å²) in [6, 6.07) is 0. The van der Waals surface area contributed by atoms with Gasteiger partial charge in [-0.25, -0.2) is 0 Å². The topological polar surface area (TPSA) is 27.1 Å². The van der Waals surface area contributed by atoms with Gasteiger partial charge in [-0.3, -0.25) is 4.68 Å². The summed E-state index contributed by atoms with van der Waals surface area (Å²) < 4.78 is 42.8. The van der Waals surface area contributed by atoms with E-state index < -0.39 is 12.7 Å². The van der Waals surface area contributed by atoms with E-state index >= 15 is 0 Å². The maximum Gasteiger partial charge on any atom is 0.408 e. The van der Waals surface area contributed by atoms with Crippen LogP contribution in [0.2, 0.25) is 0 Å². The molecule has 1 heterocycles. The van der Waals surface area contributed by atoms with Gasteiger partial charge in [0.05, 0.1) is 10.2 Å². The Hall–Kier alpha value is -0.310. The van der Waals surface area contributed by atoms with Gasteiger partial charge in [-0.2, -0.15) is 18.3 Å². The van der Waals surface area contributed by atoms with E-state index in [9.17, 15) is 13.2 Å². The molecule has 0 bridgehead atoms. The zero-order valence-corrected chi connectivity index (χ0v) is 10.2. The van der Waals surface area contributed by atoms with Crippen molar-refractivity contribution in [3.05, 3.63) is 15.5 Å². The van der Waals surface area contributed by atoms with Crippen LogP contribution in [0.3, 0.4) is 0 Å². The van der Waals surface area contributed by atoms with Gasteiger partial charge in [0.2, 0.25) is 0 Å². The lowest BCUT2D eigenvalue weighted by Gasteiger charge is -2.05. The number of rotatable bonds is 4. The van der Waals surface area contributed by atoms with Crippen molar-refractivity contribution in [3.8, 4) is 0 Å². The second-order valence-electron chi connectivity index (χ2n) is 2.87. The Morgan fingerprint density at radius 2 is 2.20 bits per heavy atom. The molecule has 0 aliphatic heterocycles. The van der Waals surface area contributed by atoms with Crippen LogP contribution in [0.4, 0.5) is 13.2 Å². The number of aromatic nitrogens is 2. The normalized spacial score (nSPS) is 12.1. The summed E-state index contributed by atoms with van der Waals surface area (Å²) in [5.74, 6) is 0. The van der Waals surface area contributed by atoms with Crippen LogP contribution in [0, 0.1) is 3.57 Å². The Balaban J connectivity index is 2.68. The highest BCUT2D eigenvalue weighted by molar-refractivity contribution is 14.1. The van der Waals surface area contributed by atoms with Crippen LogP contribution in [0.5, 0.6) is 0 Å². The van der Waals surface area contributed by atoms with Crippen molar-refractivity contribution in [1.82, 2.24) is 9.78 Å². The molecule has 0 aliphatic rings. The van der Waals surface area contributed by atoms with Gasteiger partial charge < -0.3 is 4.74 Å². The molecule has 0 N–H and O–H groups in total. The molecule has 0 unspecified atom stereocenters. The number of halogens is 4. The van der Waals surface area contributed by atoms with Crippen LogP contribution in [0.1, 0.15) is 12.6 Å². The number of nitrogens with zero attached hydrogens (tertiary/aromatic N) is 2. The van der Waals surface area contributed by atoms with Crippen LogP contribution < -0.4 is 0 Å². The van der Waals surface area contributed by atoms with Gasteiger partial charge in [0.25, 0.3) is 0 Å². The SMILES string of the molecule is CCOCc1nn(CC(F)(F)F)cc1I. The van der Waals surface area contributed by atoms with Gasteiger partial charge in [0, 0.05) is 12.8 Å². The van der Waals surface area contributed by atoms with Gasteiger partial charge in [-0.05, 0) is 29.5 Å². The fraction of sp³-hybridized carbons (Fsp3) is 0.625. The predicted molar refractivity (Wildman–Crippen MR) is 56.3 cm³/mol. The van der Waals surface area contributed by atoms with Crippen LogP contribution in [0.25, 0.3) is 0 Å². The smallest absolute Gasteiger partial charge is 0.375 e. The van der Waals surface area contributed by atoms with E-state index in [0.29, 0.717) is 15.9 Å². The zero-order chi connectivity index (χ0) is 11.5. The third-order valence-corrected chi connectivity index (χ3v) is 2.47. The molecule has 0 saturated heterocycles. The molecule has 0 aromatic carbocycles. The Morgan fingerprint density at radius 3 is 2.73 bits per heavy atom. The second kappa shape index (κ2) is 5.15. The highest BCUT2D eigenvalue weighted by Crippen LogP contribution is 2.19. The third-order valence-electron chi connectivity index (χ3n) is 1.57. The number of alkyl halides is 3. The van der Waals surface area contributed by atoms with E-state index in [1.807, 2.05) is 29.5 Å². The monoisotopic (exact) mass is 334 g/mol. The maximum absolute atomic E-state index is 12.0. The molecule has 0 atom stereocenters. The minimum Gasteiger partial charge on any atom is -0.375 e. The van der Waals surface area contributed by atoms with Gasteiger partial charge in [-0.15, -0.1) is 0 Å². The molecule has 15 heavy (non-hydrogen) atoms. The average molecular weight is 334 g/mol. The van der Waals surface area contributed by atoms with E-state index in [1.54, 1.807) is 0 Å². The first-order valence-corrected chi connectivity index (χ1v) is 5.36.